The Morgan fingerprint density at radius 1 is 1.16 bits per heavy atom. The topological polar surface area (TPSA) is 146 Å². The number of aromatic amines is 2. The van der Waals surface area contributed by atoms with Crippen LogP contribution in [0.1, 0.15) is 30.2 Å². The molecule has 3 rings (SSSR count). The lowest BCUT2D eigenvalue weighted by atomic mass is 10.1. The van der Waals surface area contributed by atoms with E-state index in [1.165, 1.54) is 19.1 Å². The number of hydrazine groups is 1. The summed E-state index contributed by atoms with van der Waals surface area (Å²) in [5.74, 6) is -0.729. The van der Waals surface area contributed by atoms with Gasteiger partial charge in [0.1, 0.15) is 11.3 Å². The Balaban J connectivity index is 1.54. The van der Waals surface area contributed by atoms with E-state index in [1.807, 2.05) is 0 Å². The zero-order chi connectivity index (χ0) is 23.4. The molecule has 0 unspecified atom stereocenters. The maximum atomic E-state index is 12.2. The number of amides is 2. The van der Waals surface area contributed by atoms with Gasteiger partial charge in [-0.2, -0.15) is 0 Å². The summed E-state index contributed by atoms with van der Waals surface area (Å²) >= 11 is 4.89. The van der Waals surface area contributed by atoms with E-state index in [9.17, 15) is 19.2 Å². The van der Waals surface area contributed by atoms with Crippen LogP contribution in [0.15, 0.2) is 38.3 Å². The Bertz CT molecular complexity index is 1360. The number of aromatic nitrogens is 2. The van der Waals surface area contributed by atoms with E-state index in [0.717, 1.165) is 10.9 Å². The van der Waals surface area contributed by atoms with Crippen LogP contribution in [0.4, 0.5) is 0 Å². The molecule has 0 saturated heterocycles. The normalized spacial score (nSPS) is 11.7. The molecule has 2 aromatic heterocycles. The van der Waals surface area contributed by atoms with Crippen LogP contribution in [0.3, 0.4) is 0 Å². The van der Waals surface area contributed by atoms with Gasteiger partial charge in [-0.25, -0.2) is 4.79 Å². The number of aryl methyl sites for hydroxylation is 2. The van der Waals surface area contributed by atoms with Crippen LogP contribution in [0.2, 0.25) is 0 Å². The van der Waals surface area contributed by atoms with Crippen molar-refractivity contribution < 1.29 is 18.7 Å². The van der Waals surface area contributed by atoms with Gasteiger partial charge in [-0.05, 0) is 57.1 Å². The summed E-state index contributed by atoms with van der Waals surface area (Å²) in [7, 11) is 0. The first-order valence-corrected chi connectivity index (χ1v) is 10.2. The van der Waals surface area contributed by atoms with Crippen molar-refractivity contribution in [3.05, 3.63) is 66.6 Å². The monoisotopic (exact) mass is 458 g/mol. The Labute approximate surface area is 187 Å². The lowest BCUT2D eigenvalue weighted by molar-refractivity contribution is -0.132. The molecule has 0 bridgehead atoms. The second kappa shape index (κ2) is 9.60. The highest BCUT2D eigenvalue weighted by Gasteiger charge is 2.17. The zero-order valence-corrected chi connectivity index (χ0v) is 18.5. The third-order valence-corrected chi connectivity index (χ3v) is 4.99. The van der Waals surface area contributed by atoms with Crippen molar-refractivity contribution in [2.24, 2.45) is 0 Å². The summed E-state index contributed by atoms with van der Waals surface area (Å²) in [6.45, 7) is 4.99. The molecule has 2 heterocycles. The van der Waals surface area contributed by atoms with Crippen LogP contribution in [0.25, 0.3) is 11.0 Å². The van der Waals surface area contributed by atoms with E-state index in [-0.39, 0.29) is 23.2 Å². The highest BCUT2D eigenvalue weighted by molar-refractivity contribution is 7.71. The van der Waals surface area contributed by atoms with Gasteiger partial charge >= 0.3 is 5.63 Å². The molecule has 4 N–H and O–H groups in total. The van der Waals surface area contributed by atoms with Crippen LogP contribution >= 0.6 is 12.2 Å². The third-order valence-electron chi connectivity index (χ3n) is 4.79. The standard InChI is InChI=1S/C21H22N4O6S/c1-10-8-18(27)31-16-9-13(4-5-14(10)16)30-12(3)19(28)25-24-17(26)7-6-15-11(2)22-21(32)23-20(15)29/h4-5,8-9,12H,6-7H2,1-3H3,(H,24,26)(H,25,28)(H2,22,23,29,32)/t12-/m1/s1. The molecule has 3 aromatic rings. The lowest BCUT2D eigenvalue weighted by Crippen LogP contribution is -2.47. The summed E-state index contributed by atoms with van der Waals surface area (Å²) in [6, 6.07) is 6.31. The zero-order valence-electron chi connectivity index (χ0n) is 17.7. The van der Waals surface area contributed by atoms with Gasteiger partial charge in [0, 0.05) is 35.2 Å². The molecule has 0 aliphatic rings. The molecule has 32 heavy (non-hydrogen) atoms. The van der Waals surface area contributed by atoms with Crippen molar-refractivity contribution in [1.29, 1.82) is 0 Å². The van der Waals surface area contributed by atoms with E-state index in [0.29, 0.717) is 22.6 Å². The number of fused-ring (bicyclic) bond motifs is 1. The number of benzene rings is 1. The fourth-order valence-corrected chi connectivity index (χ4v) is 3.34. The summed E-state index contributed by atoms with van der Waals surface area (Å²) < 4.78 is 11.0. The second-order valence-electron chi connectivity index (χ2n) is 7.22. The van der Waals surface area contributed by atoms with Gasteiger partial charge in [-0.1, -0.05) is 0 Å². The molecule has 2 amide bonds. The number of rotatable bonds is 6. The maximum absolute atomic E-state index is 12.2. The van der Waals surface area contributed by atoms with Gasteiger partial charge in [0.2, 0.25) is 5.91 Å². The fraction of sp³-hybridized carbons (Fsp3) is 0.286. The largest absolute Gasteiger partial charge is 0.481 e. The van der Waals surface area contributed by atoms with E-state index in [1.54, 1.807) is 26.0 Å². The molecular weight excluding hydrogens is 436 g/mol. The van der Waals surface area contributed by atoms with E-state index in [4.69, 9.17) is 21.4 Å². The number of carbonyl (C=O) groups is 2. The van der Waals surface area contributed by atoms with Crippen molar-refractivity contribution in [3.63, 3.8) is 0 Å². The van der Waals surface area contributed by atoms with Gasteiger partial charge in [-0.3, -0.25) is 30.2 Å². The summed E-state index contributed by atoms with van der Waals surface area (Å²) in [5.41, 5.74) is 5.86. The van der Waals surface area contributed by atoms with Crippen LogP contribution in [-0.2, 0) is 16.0 Å². The third kappa shape index (κ3) is 5.49. The number of carbonyl (C=O) groups excluding carboxylic acids is 2. The molecule has 1 aromatic carbocycles. The molecule has 0 spiro atoms. The number of nitrogens with one attached hydrogen (secondary N) is 4. The smallest absolute Gasteiger partial charge is 0.336 e. The molecule has 1 atom stereocenters. The van der Waals surface area contributed by atoms with Crippen LogP contribution in [-0.4, -0.2) is 27.9 Å². The molecule has 0 fully saturated rings. The molecule has 168 valence electrons. The SMILES string of the molecule is Cc1[nH]c(=S)[nH]c(=O)c1CCC(=O)NNC(=O)[C@@H](C)Oc1ccc2c(C)cc(=O)oc2c1. The summed E-state index contributed by atoms with van der Waals surface area (Å²) in [5, 5.41) is 0.760. The summed E-state index contributed by atoms with van der Waals surface area (Å²) in [6.07, 6.45) is -0.792. The van der Waals surface area contributed by atoms with Crippen molar-refractivity contribution in [2.75, 3.05) is 0 Å². The quantitative estimate of drug-likeness (QED) is 0.250. The number of ether oxygens (including phenoxy) is 1. The van der Waals surface area contributed by atoms with E-state index < -0.39 is 23.5 Å². The highest BCUT2D eigenvalue weighted by atomic mass is 32.1. The van der Waals surface area contributed by atoms with Gasteiger partial charge in [0.25, 0.3) is 11.5 Å². The first-order chi connectivity index (χ1) is 15.1. The minimum absolute atomic E-state index is 0.0207. The van der Waals surface area contributed by atoms with Crippen LogP contribution in [0.5, 0.6) is 5.75 Å². The molecular formula is C21H22N4O6S. The molecule has 0 saturated carbocycles. The second-order valence-corrected chi connectivity index (χ2v) is 7.62. The summed E-state index contributed by atoms with van der Waals surface area (Å²) in [4.78, 5) is 53.1. The predicted molar refractivity (Wildman–Crippen MR) is 119 cm³/mol. The van der Waals surface area contributed by atoms with Crippen molar-refractivity contribution in [2.45, 2.75) is 39.7 Å². The molecule has 0 aliphatic carbocycles. The molecule has 11 heteroatoms. The van der Waals surface area contributed by atoms with Crippen molar-refractivity contribution >= 4 is 35.0 Å². The number of hydrogen-bond donors (Lipinski definition) is 4. The number of H-pyrrole nitrogens is 2. The number of hydrogen-bond acceptors (Lipinski definition) is 7. The Morgan fingerprint density at radius 2 is 1.91 bits per heavy atom. The van der Waals surface area contributed by atoms with Crippen molar-refractivity contribution in [3.8, 4) is 5.75 Å². The fourth-order valence-electron chi connectivity index (χ4n) is 3.10. The average molecular weight is 458 g/mol. The first kappa shape index (κ1) is 22.9. The minimum atomic E-state index is -0.941. The lowest BCUT2D eigenvalue weighted by Gasteiger charge is -2.15. The Hall–Kier alpha value is -3.73. The van der Waals surface area contributed by atoms with Gasteiger partial charge < -0.3 is 14.1 Å². The first-order valence-electron chi connectivity index (χ1n) is 9.76. The molecule has 10 nitrogen and oxygen atoms in total. The Kier molecular flexibility index (Phi) is 6.89. The Morgan fingerprint density at radius 3 is 2.62 bits per heavy atom. The van der Waals surface area contributed by atoms with E-state index in [2.05, 4.69) is 20.8 Å². The maximum Gasteiger partial charge on any atom is 0.336 e. The molecule has 0 radical (unpaired) electrons. The van der Waals surface area contributed by atoms with Gasteiger partial charge in [0.15, 0.2) is 10.9 Å². The minimum Gasteiger partial charge on any atom is -0.481 e. The predicted octanol–water partition coefficient (Wildman–Crippen LogP) is 1.70. The van der Waals surface area contributed by atoms with E-state index >= 15 is 0 Å². The van der Waals surface area contributed by atoms with Crippen LogP contribution < -0.4 is 26.8 Å². The van der Waals surface area contributed by atoms with Crippen LogP contribution in [0, 0.1) is 18.6 Å². The molecule has 0 aliphatic heterocycles. The van der Waals surface area contributed by atoms with Crippen molar-refractivity contribution in [1.82, 2.24) is 20.8 Å². The van der Waals surface area contributed by atoms with Gasteiger partial charge in [-0.15, -0.1) is 0 Å². The average Bonchev–Trinajstić information content (AvgIpc) is 2.70. The van der Waals surface area contributed by atoms with Gasteiger partial charge in [0.05, 0.1) is 0 Å². The highest BCUT2D eigenvalue weighted by Crippen LogP contribution is 2.22.